The van der Waals surface area contributed by atoms with Crippen molar-refractivity contribution < 1.29 is 4.74 Å². The molecular formula is C23H36N6O. The molecule has 0 atom stereocenters. The van der Waals surface area contributed by atoms with Gasteiger partial charge in [-0.25, -0.2) is 4.68 Å². The first kappa shape index (κ1) is 22.3. The second kappa shape index (κ2) is 11.7. The lowest BCUT2D eigenvalue weighted by atomic mass is 9.97. The molecule has 0 spiro atoms. The van der Waals surface area contributed by atoms with Crippen LogP contribution in [-0.2, 0) is 11.3 Å². The lowest BCUT2D eigenvalue weighted by Crippen LogP contribution is -2.40. The molecule has 1 fully saturated rings. The zero-order valence-electron chi connectivity index (χ0n) is 18.6. The second-order valence-corrected chi connectivity index (χ2v) is 7.96. The Hall–Kier alpha value is -2.38. The van der Waals surface area contributed by atoms with Crippen LogP contribution in [0.3, 0.4) is 0 Å². The molecule has 2 heterocycles. The van der Waals surface area contributed by atoms with Crippen LogP contribution in [0.4, 0.5) is 0 Å². The molecule has 1 saturated heterocycles. The van der Waals surface area contributed by atoms with Gasteiger partial charge >= 0.3 is 0 Å². The molecule has 0 aliphatic carbocycles. The number of aromatic nitrogens is 2. The Balaban J connectivity index is 1.53. The van der Waals surface area contributed by atoms with Crippen LogP contribution in [0.5, 0.6) is 0 Å². The van der Waals surface area contributed by atoms with Crippen molar-refractivity contribution in [3.8, 4) is 5.69 Å². The van der Waals surface area contributed by atoms with Gasteiger partial charge < -0.3 is 19.9 Å². The maximum atomic E-state index is 5.20. The first-order valence-corrected chi connectivity index (χ1v) is 11.0. The van der Waals surface area contributed by atoms with E-state index >= 15 is 0 Å². The number of aliphatic imine (C=N–C) groups is 1. The molecular weight excluding hydrogens is 376 g/mol. The number of guanidine groups is 1. The Kier molecular flexibility index (Phi) is 8.71. The highest BCUT2D eigenvalue weighted by Gasteiger charge is 2.19. The van der Waals surface area contributed by atoms with E-state index in [1.54, 1.807) is 7.11 Å². The fourth-order valence-corrected chi connectivity index (χ4v) is 3.81. The van der Waals surface area contributed by atoms with E-state index in [0.29, 0.717) is 5.92 Å². The topological polar surface area (TPSA) is 57.9 Å². The molecule has 7 heteroatoms. The van der Waals surface area contributed by atoms with Crippen molar-refractivity contribution in [1.82, 2.24) is 24.9 Å². The highest BCUT2D eigenvalue weighted by Crippen LogP contribution is 2.17. The van der Waals surface area contributed by atoms with E-state index < -0.39 is 0 Å². The number of para-hydroxylation sites is 1. The SMILES string of the molecule is CCNC(=NCC1CCN(CCOC)CC1)N(C)Cc1cnn(-c2ccccc2)c1. The lowest BCUT2D eigenvalue weighted by molar-refractivity contribution is 0.121. The van der Waals surface area contributed by atoms with Crippen LogP contribution in [0, 0.1) is 5.92 Å². The minimum atomic E-state index is 0.659. The highest BCUT2D eigenvalue weighted by molar-refractivity contribution is 5.79. The first-order valence-electron chi connectivity index (χ1n) is 11.0. The molecule has 3 rings (SSSR count). The van der Waals surface area contributed by atoms with Gasteiger partial charge in [0.05, 0.1) is 18.5 Å². The van der Waals surface area contributed by atoms with Gasteiger partial charge in [0, 0.05) is 52.1 Å². The predicted molar refractivity (Wildman–Crippen MR) is 122 cm³/mol. The molecule has 0 saturated carbocycles. The van der Waals surface area contributed by atoms with Gasteiger partial charge in [0.15, 0.2) is 5.96 Å². The van der Waals surface area contributed by atoms with Crippen molar-refractivity contribution in [2.45, 2.75) is 26.3 Å². The van der Waals surface area contributed by atoms with Crippen LogP contribution in [0.2, 0.25) is 0 Å². The maximum Gasteiger partial charge on any atom is 0.193 e. The van der Waals surface area contributed by atoms with Gasteiger partial charge in [-0.1, -0.05) is 18.2 Å². The van der Waals surface area contributed by atoms with Gasteiger partial charge in [0.2, 0.25) is 0 Å². The summed E-state index contributed by atoms with van der Waals surface area (Å²) in [4.78, 5) is 9.62. The van der Waals surface area contributed by atoms with Crippen LogP contribution in [0.25, 0.3) is 5.69 Å². The van der Waals surface area contributed by atoms with E-state index in [1.165, 1.54) is 18.4 Å². The second-order valence-electron chi connectivity index (χ2n) is 7.96. The Morgan fingerprint density at radius 3 is 2.73 bits per heavy atom. The number of rotatable bonds is 9. The summed E-state index contributed by atoms with van der Waals surface area (Å²) in [7, 11) is 3.86. The third kappa shape index (κ3) is 6.57. The van der Waals surface area contributed by atoms with Gasteiger partial charge in [0.1, 0.15) is 0 Å². The summed E-state index contributed by atoms with van der Waals surface area (Å²) in [5, 5.41) is 7.95. The van der Waals surface area contributed by atoms with Crippen LogP contribution in [0.1, 0.15) is 25.3 Å². The summed E-state index contributed by atoms with van der Waals surface area (Å²) in [6, 6.07) is 10.2. The highest BCUT2D eigenvalue weighted by atomic mass is 16.5. The minimum Gasteiger partial charge on any atom is -0.383 e. The van der Waals surface area contributed by atoms with Crippen molar-refractivity contribution in [2.24, 2.45) is 10.9 Å². The largest absolute Gasteiger partial charge is 0.383 e. The number of piperidine rings is 1. The molecule has 2 aromatic rings. The van der Waals surface area contributed by atoms with Crippen molar-refractivity contribution >= 4 is 5.96 Å². The van der Waals surface area contributed by atoms with Crippen molar-refractivity contribution in [3.05, 3.63) is 48.3 Å². The smallest absolute Gasteiger partial charge is 0.193 e. The van der Waals surface area contributed by atoms with Crippen molar-refractivity contribution in [2.75, 3.05) is 53.5 Å². The van der Waals surface area contributed by atoms with Gasteiger partial charge in [-0.15, -0.1) is 0 Å². The molecule has 30 heavy (non-hydrogen) atoms. The van der Waals surface area contributed by atoms with E-state index in [-0.39, 0.29) is 0 Å². The van der Waals surface area contributed by atoms with Crippen LogP contribution in [0.15, 0.2) is 47.7 Å². The Bertz CT molecular complexity index is 767. The number of hydrogen-bond acceptors (Lipinski definition) is 4. The number of hydrogen-bond donors (Lipinski definition) is 1. The van der Waals surface area contributed by atoms with Crippen LogP contribution < -0.4 is 5.32 Å². The summed E-state index contributed by atoms with van der Waals surface area (Å²) >= 11 is 0. The quantitative estimate of drug-likeness (QED) is 0.507. The standard InChI is InChI=1S/C23H36N6O/c1-4-24-23(25-16-20-10-12-28(13-11-20)14-15-30-3)27(2)18-21-17-26-29(19-21)22-8-6-5-7-9-22/h5-9,17,19-20H,4,10-16,18H2,1-3H3,(H,24,25). The van der Waals surface area contributed by atoms with Crippen LogP contribution in [-0.4, -0.2) is 79.0 Å². The zero-order chi connectivity index (χ0) is 21.2. The van der Waals surface area contributed by atoms with Gasteiger partial charge in [0.25, 0.3) is 0 Å². The van der Waals surface area contributed by atoms with Gasteiger partial charge in [-0.2, -0.15) is 5.10 Å². The van der Waals surface area contributed by atoms with Gasteiger partial charge in [-0.3, -0.25) is 4.99 Å². The summed E-state index contributed by atoms with van der Waals surface area (Å²) < 4.78 is 7.12. The van der Waals surface area contributed by atoms with E-state index in [4.69, 9.17) is 9.73 Å². The normalized spacial score (nSPS) is 16.0. The molecule has 0 bridgehead atoms. The molecule has 1 N–H and O–H groups in total. The molecule has 0 radical (unpaired) electrons. The predicted octanol–water partition coefficient (Wildman–Crippen LogP) is 2.63. The lowest BCUT2D eigenvalue weighted by Gasteiger charge is -2.31. The van der Waals surface area contributed by atoms with E-state index in [1.807, 2.05) is 29.1 Å². The number of methoxy groups -OCH3 is 1. The fraction of sp³-hybridized carbons (Fsp3) is 0.565. The summed E-state index contributed by atoms with van der Waals surface area (Å²) in [6.45, 7) is 8.78. The summed E-state index contributed by atoms with van der Waals surface area (Å²) in [5.74, 6) is 1.62. The minimum absolute atomic E-state index is 0.659. The average molecular weight is 413 g/mol. The Morgan fingerprint density at radius 1 is 1.27 bits per heavy atom. The third-order valence-corrected chi connectivity index (χ3v) is 5.59. The summed E-state index contributed by atoms with van der Waals surface area (Å²) in [6.07, 6.45) is 6.44. The Morgan fingerprint density at radius 2 is 2.03 bits per heavy atom. The number of ether oxygens (including phenoxy) is 1. The maximum absolute atomic E-state index is 5.20. The Labute approximate surface area is 180 Å². The summed E-state index contributed by atoms with van der Waals surface area (Å²) in [5.41, 5.74) is 2.24. The molecule has 7 nitrogen and oxygen atoms in total. The molecule has 0 unspecified atom stereocenters. The number of nitrogens with one attached hydrogen (secondary N) is 1. The zero-order valence-corrected chi connectivity index (χ0v) is 18.6. The first-order chi connectivity index (χ1) is 14.7. The van der Waals surface area contributed by atoms with Gasteiger partial charge in [-0.05, 0) is 50.9 Å². The van der Waals surface area contributed by atoms with E-state index in [2.05, 4.69) is 52.5 Å². The van der Waals surface area contributed by atoms with Crippen molar-refractivity contribution in [1.29, 1.82) is 0 Å². The molecule has 164 valence electrons. The molecule has 0 amide bonds. The van der Waals surface area contributed by atoms with E-state index in [0.717, 1.165) is 57.5 Å². The fourth-order valence-electron chi connectivity index (χ4n) is 3.81. The van der Waals surface area contributed by atoms with E-state index in [9.17, 15) is 0 Å². The molecule has 1 aliphatic heterocycles. The number of likely N-dealkylation sites (tertiary alicyclic amines) is 1. The molecule has 1 aromatic carbocycles. The van der Waals surface area contributed by atoms with Crippen LogP contribution >= 0.6 is 0 Å². The molecule has 1 aliphatic rings. The number of benzene rings is 1. The number of nitrogens with zero attached hydrogens (tertiary/aromatic N) is 5. The monoisotopic (exact) mass is 412 g/mol. The molecule has 1 aromatic heterocycles. The van der Waals surface area contributed by atoms with Crippen molar-refractivity contribution in [3.63, 3.8) is 0 Å². The average Bonchev–Trinajstić information content (AvgIpc) is 3.25. The third-order valence-electron chi connectivity index (χ3n) is 5.59.